The van der Waals surface area contributed by atoms with Crippen LogP contribution in [0.2, 0.25) is 0 Å². The molecule has 2 aromatic carbocycles. The number of hydrogen-bond donors (Lipinski definition) is 1. The minimum atomic E-state index is -3.46. The van der Waals surface area contributed by atoms with Gasteiger partial charge in [0.1, 0.15) is 12.4 Å². The summed E-state index contributed by atoms with van der Waals surface area (Å²) >= 11 is 0. The highest BCUT2D eigenvalue weighted by atomic mass is 32.2. The molecule has 1 unspecified atom stereocenters. The molecule has 10 heteroatoms. The summed E-state index contributed by atoms with van der Waals surface area (Å²) in [6.07, 6.45) is 4.28. The van der Waals surface area contributed by atoms with Gasteiger partial charge in [0.2, 0.25) is 15.9 Å². The first-order chi connectivity index (χ1) is 19.2. The zero-order valence-corrected chi connectivity index (χ0v) is 24.5. The van der Waals surface area contributed by atoms with Crippen LogP contribution in [0.4, 0.5) is 4.39 Å². The molecule has 0 aromatic heterocycles. The molecule has 1 saturated heterocycles. The van der Waals surface area contributed by atoms with E-state index in [2.05, 4.69) is 29.2 Å². The largest absolute Gasteiger partial charge is 0.370 e. The van der Waals surface area contributed by atoms with Crippen molar-refractivity contribution < 1.29 is 22.3 Å². The van der Waals surface area contributed by atoms with E-state index in [4.69, 9.17) is 4.74 Å². The number of rotatable bonds is 12. The van der Waals surface area contributed by atoms with Crippen LogP contribution in [-0.2, 0) is 19.6 Å². The number of benzene rings is 2. The predicted molar refractivity (Wildman–Crippen MR) is 154 cm³/mol. The number of amides is 1. The Labute approximate surface area is 238 Å². The SMILES string of the molecule is CN(C)C(c1ccc(F)cc1)C1CCC(CNC(=O)COCCN2CCN(S(=O)(=O)c3ccccc3)CC2)CC1. The maximum Gasteiger partial charge on any atom is 0.246 e. The molecule has 1 atom stereocenters. The summed E-state index contributed by atoms with van der Waals surface area (Å²) in [7, 11) is 0.705. The zero-order valence-electron chi connectivity index (χ0n) is 23.7. The molecule has 1 aliphatic carbocycles. The monoisotopic (exact) mass is 574 g/mol. The fourth-order valence-corrected chi connectivity index (χ4v) is 7.41. The Kier molecular flexibility index (Phi) is 11.1. The molecule has 0 bridgehead atoms. The van der Waals surface area contributed by atoms with E-state index >= 15 is 0 Å². The summed E-state index contributed by atoms with van der Waals surface area (Å²) in [4.78, 5) is 17.1. The number of nitrogens with zero attached hydrogens (tertiary/aromatic N) is 3. The molecule has 2 aliphatic rings. The van der Waals surface area contributed by atoms with Crippen molar-refractivity contribution >= 4 is 15.9 Å². The lowest BCUT2D eigenvalue weighted by atomic mass is 9.76. The highest BCUT2D eigenvalue weighted by Crippen LogP contribution is 2.39. The third-order valence-electron chi connectivity index (χ3n) is 8.19. The Morgan fingerprint density at radius 2 is 1.65 bits per heavy atom. The molecule has 1 amide bonds. The van der Waals surface area contributed by atoms with E-state index in [9.17, 15) is 17.6 Å². The average Bonchev–Trinajstić information content (AvgIpc) is 2.96. The third kappa shape index (κ3) is 8.33. The normalized spacial score (nSPS) is 21.8. The Balaban J connectivity index is 1.09. The minimum Gasteiger partial charge on any atom is -0.370 e. The molecular weight excluding hydrogens is 531 g/mol. The van der Waals surface area contributed by atoms with E-state index in [0.717, 1.165) is 31.2 Å². The Hall–Kier alpha value is -2.37. The summed E-state index contributed by atoms with van der Waals surface area (Å²) in [5, 5.41) is 3.03. The van der Waals surface area contributed by atoms with Gasteiger partial charge in [0, 0.05) is 45.3 Å². The van der Waals surface area contributed by atoms with Crippen molar-refractivity contribution in [3.8, 4) is 0 Å². The van der Waals surface area contributed by atoms with Crippen molar-refractivity contribution in [1.82, 2.24) is 19.4 Å². The lowest BCUT2D eigenvalue weighted by Crippen LogP contribution is -2.49. The topological polar surface area (TPSA) is 82.2 Å². The second-order valence-corrected chi connectivity index (χ2v) is 13.1. The second kappa shape index (κ2) is 14.5. The van der Waals surface area contributed by atoms with Crippen LogP contribution in [0.3, 0.4) is 0 Å². The van der Waals surface area contributed by atoms with E-state index < -0.39 is 10.0 Å². The van der Waals surface area contributed by atoms with Crippen LogP contribution in [0.25, 0.3) is 0 Å². The van der Waals surface area contributed by atoms with Crippen LogP contribution in [0.15, 0.2) is 59.5 Å². The molecule has 220 valence electrons. The van der Waals surface area contributed by atoms with Gasteiger partial charge in [-0.05, 0) is 81.4 Å². The van der Waals surface area contributed by atoms with Crippen molar-refractivity contribution in [2.45, 2.75) is 36.6 Å². The van der Waals surface area contributed by atoms with Crippen LogP contribution >= 0.6 is 0 Å². The van der Waals surface area contributed by atoms with Gasteiger partial charge in [0.15, 0.2) is 0 Å². The molecule has 1 N–H and O–H groups in total. The first-order valence-electron chi connectivity index (χ1n) is 14.3. The van der Waals surface area contributed by atoms with Crippen molar-refractivity contribution in [3.63, 3.8) is 0 Å². The highest BCUT2D eigenvalue weighted by Gasteiger charge is 2.30. The van der Waals surface area contributed by atoms with Crippen LogP contribution in [0.5, 0.6) is 0 Å². The third-order valence-corrected chi connectivity index (χ3v) is 10.1. The number of nitrogens with one attached hydrogen (secondary N) is 1. The van der Waals surface area contributed by atoms with E-state index in [0.29, 0.717) is 62.6 Å². The average molecular weight is 575 g/mol. The Morgan fingerprint density at radius 1 is 1.00 bits per heavy atom. The second-order valence-electron chi connectivity index (χ2n) is 11.2. The number of sulfonamides is 1. The molecule has 8 nitrogen and oxygen atoms in total. The predicted octanol–water partition coefficient (Wildman–Crippen LogP) is 3.37. The fourth-order valence-electron chi connectivity index (χ4n) is 5.96. The number of carbonyl (C=O) groups is 1. The lowest BCUT2D eigenvalue weighted by molar-refractivity contribution is -0.126. The van der Waals surface area contributed by atoms with Crippen LogP contribution < -0.4 is 5.32 Å². The molecule has 40 heavy (non-hydrogen) atoms. The molecular formula is C30H43FN4O4S. The quantitative estimate of drug-likeness (QED) is 0.392. The van der Waals surface area contributed by atoms with E-state index in [1.165, 1.54) is 16.4 Å². The molecule has 0 radical (unpaired) electrons. The summed E-state index contributed by atoms with van der Waals surface area (Å²) < 4.78 is 46.1. The van der Waals surface area contributed by atoms with E-state index in [1.54, 1.807) is 30.3 Å². The highest BCUT2D eigenvalue weighted by molar-refractivity contribution is 7.89. The van der Waals surface area contributed by atoms with Crippen LogP contribution in [-0.4, -0.2) is 95.0 Å². The van der Waals surface area contributed by atoms with Gasteiger partial charge in [-0.2, -0.15) is 4.31 Å². The Morgan fingerprint density at radius 3 is 2.27 bits per heavy atom. The minimum absolute atomic E-state index is 0.0327. The van der Waals surface area contributed by atoms with Gasteiger partial charge >= 0.3 is 0 Å². The van der Waals surface area contributed by atoms with Crippen molar-refractivity contribution in [1.29, 1.82) is 0 Å². The standard InChI is InChI=1S/C30H43FN4O4S/c1-33(2)30(26-12-14-27(31)15-13-26)25-10-8-24(9-11-25)22-32-29(36)23-39-21-20-34-16-18-35(19-17-34)40(37,38)28-6-4-3-5-7-28/h3-7,12-15,24-25,30H,8-11,16-23H2,1-2H3,(H,32,36). The molecule has 2 fully saturated rings. The smallest absolute Gasteiger partial charge is 0.246 e. The molecule has 1 heterocycles. The van der Waals surface area contributed by atoms with Gasteiger partial charge in [-0.3, -0.25) is 9.69 Å². The molecule has 0 spiro atoms. The van der Waals surface area contributed by atoms with Gasteiger partial charge < -0.3 is 15.0 Å². The number of ether oxygens (including phenoxy) is 1. The molecule has 1 aliphatic heterocycles. The molecule has 2 aromatic rings. The lowest BCUT2D eigenvalue weighted by Gasteiger charge is -2.37. The van der Waals surface area contributed by atoms with Crippen molar-refractivity contribution in [2.75, 3.05) is 66.6 Å². The summed E-state index contributed by atoms with van der Waals surface area (Å²) in [6, 6.07) is 15.7. The Bertz CT molecular complexity index is 1160. The van der Waals surface area contributed by atoms with Crippen LogP contribution in [0.1, 0.15) is 37.3 Å². The fraction of sp³-hybridized carbons (Fsp3) is 0.567. The van der Waals surface area contributed by atoms with Crippen LogP contribution in [0, 0.1) is 17.7 Å². The summed E-state index contributed by atoms with van der Waals surface area (Å²) in [6.45, 7) is 3.95. The van der Waals surface area contributed by atoms with Gasteiger partial charge in [-0.1, -0.05) is 30.3 Å². The van der Waals surface area contributed by atoms with Gasteiger partial charge in [-0.15, -0.1) is 0 Å². The summed E-state index contributed by atoms with van der Waals surface area (Å²) in [5.41, 5.74) is 1.15. The first-order valence-corrected chi connectivity index (χ1v) is 15.7. The van der Waals surface area contributed by atoms with Crippen molar-refractivity contribution in [2.24, 2.45) is 11.8 Å². The number of halogens is 1. The van der Waals surface area contributed by atoms with E-state index in [-0.39, 0.29) is 24.4 Å². The zero-order chi connectivity index (χ0) is 28.5. The summed E-state index contributed by atoms with van der Waals surface area (Å²) in [5.74, 6) is 0.661. The first kappa shape index (κ1) is 30.6. The van der Waals surface area contributed by atoms with E-state index in [1.807, 2.05) is 12.1 Å². The maximum atomic E-state index is 13.4. The van der Waals surface area contributed by atoms with Gasteiger partial charge in [-0.25, -0.2) is 12.8 Å². The molecule has 1 saturated carbocycles. The maximum absolute atomic E-state index is 13.4. The number of carbonyl (C=O) groups excluding carboxylic acids is 1. The van der Waals surface area contributed by atoms with Crippen molar-refractivity contribution in [3.05, 3.63) is 66.0 Å². The van der Waals surface area contributed by atoms with Gasteiger partial charge in [0.05, 0.1) is 11.5 Å². The van der Waals surface area contributed by atoms with Gasteiger partial charge in [0.25, 0.3) is 0 Å². The number of piperazine rings is 1. The molecule has 4 rings (SSSR count). The number of hydrogen-bond acceptors (Lipinski definition) is 6.